The topological polar surface area (TPSA) is 20.3 Å². The zero-order valence-corrected chi connectivity index (χ0v) is 17.3. The molecule has 6 heteroatoms. The molecule has 0 aromatic heterocycles. The molecular formula is C24H22F3NOS. The standard InChI is InChI=1S/C24H22F3NOS/c1-28(22(29)24(25,26)27)17-18-30-23(19-11-5-2-6-12-19,20-13-7-3-8-14-20)21-15-9-4-10-16-21/h2-16H,17-18H2,1H3. The Hall–Kier alpha value is -2.73. The maximum absolute atomic E-state index is 12.8. The summed E-state index contributed by atoms with van der Waals surface area (Å²) in [7, 11) is 1.19. The summed E-state index contributed by atoms with van der Waals surface area (Å²) in [4.78, 5) is 12.3. The highest BCUT2D eigenvalue weighted by Crippen LogP contribution is 2.48. The van der Waals surface area contributed by atoms with Crippen molar-refractivity contribution in [1.82, 2.24) is 4.90 Å². The van der Waals surface area contributed by atoms with Crippen LogP contribution in [0.4, 0.5) is 13.2 Å². The maximum atomic E-state index is 12.8. The largest absolute Gasteiger partial charge is 0.471 e. The first-order chi connectivity index (χ1) is 14.4. The zero-order chi connectivity index (χ0) is 21.6. The van der Waals surface area contributed by atoms with Crippen molar-refractivity contribution in [3.05, 3.63) is 108 Å². The molecule has 0 fully saturated rings. The molecule has 0 atom stereocenters. The van der Waals surface area contributed by atoms with Gasteiger partial charge in [-0.15, -0.1) is 11.8 Å². The molecule has 0 unspecified atom stereocenters. The van der Waals surface area contributed by atoms with Crippen LogP contribution < -0.4 is 0 Å². The van der Waals surface area contributed by atoms with Crippen LogP contribution in [0.5, 0.6) is 0 Å². The molecule has 1 amide bonds. The lowest BCUT2D eigenvalue weighted by Crippen LogP contribution is -2.40. The van der Waals surface area contributed by atoms with Crippen LogP contribution in [-0.2, 0) is 9.54 Å². The van der Waals surface area contributed by atoms with Gasteiger partial charge in [-0.2, -0.15) is 13.2 Å². The summed E-state index contributed by atoms with van der Waals surface area (Å²) in [5, 5.41) is 0. The molecule has 156 valence electrons. The van der Waals surface area contributed by atoms with Gasteiger partial charge in [-0.3, -0.25) is 4.79 Å². The molecule has 0 aliphatic carbocycles. The first-order valence-corrected chi connectivity index (χ1v) is 10.5. The van der Waals surface area contributed by atoms with Crippen LogP contribution in [0.1, 0.15) is 16.7 Å². The minimum Gasteiger partial charge on any atom is -0.337 e. The Labute approximate surface area is 178 Å². The van der Waals surface area contributed by atoms with Crippen molar-refractivity contribution in [1.29, 1.82) is 0 Å². The third kappa shape index (κ3) is 4.70. The summed E-state index contributed by atoms with van der Waals surface area (Å²) in [5.74, 6) is -1.50. The van der Waals surface area contributed by atoms with Crippen molar-refractivity contribution < 1.29 is 18.0 Å². The fraction of sp³-hybridized carbons (Fsp3) is 0.208. The summed E-state index contributed by atoms with van der Waals surface area (Å²) in [6.45, 7) is -0.0166. The molecule has 3 rings (SSSR count). The highest BCUT2D eigenvalue weighted by atomic mass is 32.2. The van der Waals surface area contributed by atoms with E-state index >= 15 is 0 Å². The molecule has 3 aromatic rings. The Morgan fingerprint density at radius 3 is 1.47 bits per heavy atom. The van der Waals surface area contributed by atoms with Gasteiger partial charge in [0.25, 0.3) is 0 Å². The molecule has 0 aliphatic heterocycles. The average Bonchev–Trinajstić information content (AvgIpc) is 2.77. The summed E-state index contributed by atoms with van der Waals surface area (Å²) in [5.41, 5.74) is 3.08. The van der Waals surface area contributed by atoms with Crippen LogP contribution in [0.2, 0.25) is 0 Å². The quantitative estimate of drug-likeness (QED) is 0.447. The number of rotatable bonds is 7. The molecule has 2 nitrogen and oxygen atoms in total. The smallest absolute Gasteiger partial charge is 0.337 e. The van der Waals surface area contributed by atoms with E-state index in [9.17, 15) is 18.0 Å². The fourth-order valence-electron chi connectivity index (χ4n) is 3.42. The molecule has 0 radical (unpaired) electrons. The van der Waals surface area contributed by atoms with Gasteiger partial charge in [0.2, 0.25) is 0 Å². The third-order valence-electron chi connectivity index (χ3n) is 4.88. The van der Waals surface area contributed by atoms with E-state index in [0.717, 1.165) is 21.6 Å². The van der Waals surface area contributed by atoms with Crippen LogP contribution >= 0.6 is 11.8 Å². The Bertz CT molecular complexity index is 850. The summed E-state index contributed by atoms with van der Waals surface area (Å²) < 4.78 is 37.7. The lowest BCUT2D eigenvalue weighted by Gasteiger charge is -2.36. The van der Waals surface area contributed by atoms with Gasteiger partial charge in [0, 0.05) is 19.3 Å². The summed E-state index contributed by atoms with van der Waals surface area (Å²) in [6, 6.07) is 29.7. The number of alkyl halides is 3. The van der Waals surface area contributed by atoms with Crippen molar-refractivity contribution in [2.75, 3.05) is 19.3 Å². The number of benzene rings is 3. The van der Waals surface area contributed by atoms with Crippen LogP contribution in [0.15, 0.2) is 91.0 Å². The van der Waals surface area contributed by atoms with Gasteiger partial charge in [-0.05, 0) is 16.7 Å². The van der Waals surface area contributed by atoms with E-state index in [2.05, 4.69) is 0 Å². The van der Waals surface area contributed by atoms with Crippen molar-refractivity contribution in [2.45, 2.75) is 10.9 Å². The molecule has 0 aliphatic rings. The average molecular weight is 430 g/mol. The lowest BCUT2D eigenvalue weighted by molar-refractivity contribution is -0.183. The monoisotopic (exact) mass is 429 g/mol. The van der Waals surface area contributed by atoms with Crippen molar-refractivity contribution in [2.24, 2.45) is 0 Å². The number of hydrogen-bond acceptors (Lipinski definition) is 2. The number of halogens is 3. The molecule has 3 aromatic carbocycles. The molecule has 0 N–H and O–H groups in total. The highest BCUT2D eigenvalue weighted by molar-refractivity contribution is 8.00. The Balaban J connectivity index is 2.01. The Morgan fingerprint density at radius 1 is 0.767 bits per heavy atom. The fourth-order valence-corrected chi connectivity index (χ4v) is 5.00. The predicted octanol–water partition coefficient (Wildman–Crippen LogP) is 5.73. The minimum atomic E-state index is -4.87. The first-order valence-electron chi connectivity index (χ1n) is 9.48. The Kier molecular flexibility index (Phi) is 6.87. The summed E-state index contributed by atoms with van der Waals surface area (Å²) >= 11 is 1.52. The second-order valence-electron chi connectivity index (χ2n) is 6.85. The van der Waals surface area contributed by atoms with Crippen LogP contribution in [0.25, 0.3) is 0 Å². The molecule has 30 heavy (non-hydrogen) atoms. The van der Waals surface area contributed by atoms with Gasteiger partial charge in [-0.1, -0.05) is 91.0 Å². The highest BCUT2D eigenvalue weighted by Gasteiger charge is 2.42. The van der Waals surface area contributed by atoms with Crippen LogP contribution in [-0.4, -0.2) is 36.3 Å². The number of carbonyl (C=O) groups excluding carboxylic acids is 1. The minimum absolute atomic E-state index is 0.0166. The normalized spacial score (nSPS) is 11.9. The van der Waals surface area contributed by atoms with Gasteiger partial charge in [0.1, 0.15) is 0 Å². The summed E-state index contributed by atoms with van der Waals surface area (Å²) in [6.07, 6.45) is -4.87. The van der Waals surface area contributed by atoms with Gasteiger partial charge in [0.15, 0.2) is 0 Å². The third-order valence-corrected chi connectivity index (χ3v) is 6.40. The number of nitrogens with zero attached hydrogens (tertiary/aromatic N) is 1. The SMILES string of the molecule is CN(CCSC(c1ccccc1)(c1ccccc1)c1ccccc1)C(=O)C(F)(F)F. The van der Waals surface area contributed by atoms with Crippen molar-refractivity contribution in [3.8, 4) is 0 Å². The van der Waals surface area contributed by atoms with E-state index in [1.165, 1.54) is 18.8 Å². The van der Waals surface area contributed by atoms with Crippen LogP contribution in [0, 0.1) is 0 Å². The lowest BCUT2D eigenvalue weighted by atomic mass is 9.84. The van der Waals surface area contributed by atoms with Crippen molar-refractivity contribution >= 4 is 17.7 Å². The second kappa shape index (κ2) is 9.39. The molecule has 0 saturated carbocycles. The van der Waals surface area contributed by atoms with Gasteiger partial charge in [0.05, 0.1) is 4.75 Å². The van der Waals surface area contributed by atoms with E-state index in [1.54, 1.807) is 0 Å². The van der Waals surface area contributed by atoms with Crippen molar-refractivity contribution in [3.63, 3.8) is 0 Å². The predicted molar refractivity (Wildman–Crippen MR) is 115 cm³/mol. The van der Waals surface area contributed by atoms with E-state index < -0.39 is 16.8 Å². The van der Waals surface area contributed by atoms with E-state index in [0.29, 0.717) is 5.75 Å². The molecule has 0 bridgehead atoms. The number of thioether (sulfide) groups is 1. The molecule has 0 spiro atoms. The van der Waals surface area contributed by atoms with E-state index in [1.807, 2.05) is 91.0 Å². The second-order valence-corrected chi connectivity index (χ2v) is 8.16. The Morgan fingerprint density at radius 2 is 1.13 bits per heavy atom. The molecular weight excluding hydrogens is 407 g/mol. The first kappa shape index (κ1) is 22.0. The number of carbonyl (C=O) groups is 1. The van der Waals surface area contributed by atoms with Crippen LogP contribution in [0.3, 0.4) is 0 Å². The molecule has 0 saturated heterocycles. The van der Waals surface area contributed by atoms with E-state index in [4.69, 9.17) is 0 Å². The van der Waals surface area contributed by atoms with Gasteiger partial charge < -0.3 is 4.90 Å². The van der Waals surface area contributed by atoms with E-state index in [-0.39, 0.29) is 6.54 Å². The van der Waals surface area contributed by atoms with Gasteiger partial charge in [-0.25, -0.2) is 0 Å². The van der Waals surface area contributed by atoms with Gasteiger partial charge >= 0.3 is 12.1 Å². The number of amides is 1. The molecule has 0 heterocycles. The number of hydrogen-bond donors (Lipinski definition) is 0. The zero-order valence-electron chi connectivity index (χ0n) is 16.5. The maximum Gasteiger partial charge on any atom is 0.471 e.